The summed E-state index contributed by atoms with van der Waals surface area (Å²) in [6.07, 6.45) is 1.87. The molecule has 2 amide bonds. The number of hydrogen-bond acceptors (Lipinski definition) is 6. The maximum atomic E-state index is 12.4. The summed E-state index contributed by atoms with van der Waals surface area (Å²) in [4.78, 5) is 35.2. The molecule has 0 saturated heterocycles. The van der Waals surface area contributed by atoms with Gasteiger partial charge in [0, 0.05) is 24.7 Å². The third kappa shape index (κ3) is 6.03. The average Bonchev–Trinajstić information content (AvgIpc) is 3.49. The van der Waals surface area contributed by atoms with Crippen molar-refractivity contribution >= 4 is 27.8 Å². The third-order valence-electron chi connectivity index (χ3n) is 4.16. The highest BCUT2D eigenvalue weighted by molar-refractivity contribution is 7.89. The Balaban J connectivity index is 1.83. The van der Waals surface area contributed by atoms with Gasteiger partial charge < -0.3 is 15.4 Å². The van der Waals surface area contributed by atoms with Crippen molar-refractivity contribution in [2.24, 2.45) is 0 Å². The van der Waals surface area contributed by atoms with Crippen molar-refractivity contribution in [3.05, 3.63) is 29.8 Å². The van der Waals surface area contributed by atoms with Crippen molar-refractivity contribution in [2.45, 2.75) is 37.6 Å². The van der Waals surface area contributed by atoms with Crippen LogP contribution < -0.4 is 10.6 Å². The second kappa shape index (κ2) is 9.65. The lowest BCUT2D eigenvalue weighted by Gasteiger charge is -2.18. The molecule has 1 aromatic rings. The molecule has 0 unspecified atom stereocenters. The molecule has 1 saturated carbocycles. The standard InChI is InChI=1S/C18H25N3O6S/c1-3-21(4-2)28(25,26)15-9-5-13(6-10-15)18(24)19-11-17(23)27-12-16(22)20-14-7-8-14/h5-6,9-10,14H,3-4,7-8,11-12H2,1-2H3,(H,19,24)(H,20,22). The van der Waals surface area contributed by atoms with Gasteiger partial charge in [-0.1, -0.05) is 13.8 Å². The molecule has 9 nitrogen and oxygen atoms in total. The van der Waals surface area contributed by atoms with E-state index in [1.165, 1.54) is 28.6 Å². The Kier molecular flexibility index (Phi) is 7.53. The van der Waals surface area contributed by atoms with E-state index in [1.807, 2.05) is 0 Å². The molecule has 0 spiro atoms. The quantitative estimate of drug-likeness (QED) is 0.533. The minimum absolute atomic E-state index is 0.0915. The number of carbonyl (C=O) groups is 3. The molecule has 2 N–H and O–H groups in total. The van der Waals surface area contributed by atoms with E-state index in [0.29, 0.717) is 13.1 Å². The molecule has 0 bridgehead atoms. The number of nitrogens with one attached hydrogen (secondary N) is 2. The van der Waals surface area contributed by atoms with Crippen LogP contribution in [-0.2, 0) is 24.3 Å². The Labute approximate surface area is 164 Å². The van der Waals surface area contributed by atoms with E-state index in [0.717, 1.165) is 12.8 Å². The fourth-order valence-electron chi connectivity index (χ4n) is 2.44. The molecule has 0 atom stereocenters. The largest absolute Gasteiger partial charge is 0.454 e. The van der Waals surface area contributed by atoms with Gasteiger partial charge in [0.15, 0.2) is 6.61 Å². The predicted molar refractivity (Wildman–Crippen MR) is 101 cm³/mol. The molecule has 0 aromatic heterocycles. The number of sulfonamides is 1. The van der Waals surface area contributed by atoms with Crippen molar-refractivity contribution in [1.29, 1.82) is 0 Å². The van der Waals surface area contributed by atoms with E-state index in [-0.39, 0.29) is 29.0 Å². The molecule has 10 heteroatoms. The van der Waals surface area contributed by atoms with Crippen LogP contribution in [0.15, 0.2) is 29.2 Å². The van der Waals surface area contributed by atoms with E-state index in [4.69, 9.17) is 4.74 Å². The van der Waals surface area contributed by atoms with Crippen LogP contribution in [0.4, 0.5) is 0 Å². The van der Waals surface area contributed by atoms with Gasteiger partial charge in [0.05, 0.1) is 4.90 Å². The highest BCUT2D eigenvalue weighted by Gasteiger charge is 2.24. The topological polar surface area (TPSA) is 122 Å². The zero-order valence-corrected chi connectivity index (χ0v) is 16.8. The summed E-state index contributed by atoms with van der Waals surface area (Å²) >= 11 is 0. The first kappa shape index (κ1) is 21.8. The van der Waals surface area contributed by atoms with E-state index < -0.39 is 28.4 Å². The number of carbonyl (C=O) groups excluding carboxylic acids is 3. The van der Waals surface area contributed by atoms with Gasteiger partial charge >= 0.3 is 5.97 Å². The van der Waals surface area contributed by atoms with Crippen molar-refractivity contribution in [1.82, 2.24) is 14.9 Å². The Morgan fingerprint density at radius 2 is 1.71 bits per heavy atom. The van der Waals surface area contributed by atoms with Crippen LogP contribution in [0.25, 0.3) is 0 Å². The third-order valence-corrected chi connectivity index (χ3v) is 6.22. The first-order valence-corrected chi connectivity index (χ1v) is 10.5. The summed E-state index contributed by atoms with van der Waals surface area (Å²) < 4.78 is 30.9. The average molecular weight is 411 g/mol. The normalized spacial score (nSPS) is 13.8. The molecule has 1 aromatic carbocycles. The lowest BCUT2D eigenvalue weighted by molar-refractivity contribution is -0.147. The van der Waals surface area contributed by atoms with Gasteiger partial charge in [-0.25, -0.2) is 8.42 Å². The first-order valence-electron chi connectivity index (χ1n) is 9.11. The van der Waals surface area contributed by atoms with E-state index in [9.17, 15) is 22.8 Å². The fourth-order valence-corrected chi connectivity index (χ4v) is 3.90. The lowest BCUT2D eigenvalue weighted by atomic mass is 10.2. The molecule has 1 fully saturated rings. The van der Waals surface area contributed by atoms with Gasteiger partial charge in [0.25, 0.3) is 11.8 Å². The Hall–Kier alpha value is -2.46. The molecular formula is C18H25N3O6S. The molecule has 28 heavy (non-hydrogen) atoms. The zero-order valence-electron chi connectivity index (χ0n) is 15.9. The molecule has 154 valence electrons. The number of benzene rings is 1. The Bertz CT molecular complexity index is 814. The Morgan fingerprint density at radius 3 is 2.25 bits per heavy atom. The van der Waals surface area contributed by atoms with Crippen molar-refractivity contribution in [3.8, 4) is 0 Å². The molecule has 1 aliphatic carbocycles. The molecule has 2 rings (SSSR count). The highest BCUT2D eigenvalue weighted by Crippen LogP contribution is 2.18. The van der Waals surface area contributed by atoms with Crippen molar-refractivity contribution in [2.75, 3.05) is 26.2 Å². The summed E-state index contributed by atoms with van der Waals surface area (Å²) in [5.41, 5.74) is 0.206. The van der Waals surface area contributed by atoms with Crippen molar-refractivity contribution in [3.63, 3.8) is 0 Å². The van der Waals surface area contributed by atoms with Gasteiger partial charge in [-0.2, -0.15) is 4.31 Å². The maximum Gasteiger partial charge on any atom is 0.325 e. The van der Waals surface area contributed by atoms with Gasteiger partial charge in [-0.3, -0.25) is 14.4 Å². The minimum Gasteiger partial charge on any atom is -0.454 e. The van der Waals surface area contributed by atoms with Crippen LogP contribution in [0, 0.1) is 0 Å². The summed E-state index contributed by atoms with van der Waals surface area (Å²) in [5.74, 6) is -1.65. The number of esters is 1. The summed E-state index contributed by atoms with van der Waals surface area (Å²) in [6, 6.07) is 5.63. The molecule has 1 aliphatic rings. The number of hydrogen-bond donors (Lipinski definition) is 2. The molecule has 0 radical (unpaired) electrons. The van der Waals surface area contributed by atoms with Crippen LogP contribution in [-0.4, -0.2) is 62.8 Å². The van der Waals surface area contributed by atoms with Crippen LogP contribution in [0.1, 0.15) is 37.0 Å². The lowest BCUT2D eigenvalue weighted by Crippen LogP contribution is -2.34. The molecule has 0 aliphatic heterocycles. The monoisotopic (exact) mass is 411 g/mol. The first-order chi connectivity index (χ1) is 13.3. The van der Waals surface area contributed by atoms with Crippen LogP contribution >= 0.6 is 0 Å². The second-order valence-electron chi connectivity index (χ2n) is 6.30. The van der Waals surface area contributed by atoms with E-state index in [2.05, 4.69) is 10.6 Å². The predicted octanol–water partition coefficient (Wildman–Crippen LogP) is 0.269. The number of rotatable bonds is 10. The smallest absolute Gasteiger partial charge is 0.325 e. The molecule has 0 heterocycles. The van der Waals surface area contributed by atoms with Gasteiger partial charge in [-0.15, -0.1) is 0 Å². The summed E-state index contributed by atoms with van der Waals surface area (Å²) in [6.45, 7) is 3.41. The second-order valence-corrected chi connectivity index (χ2v) is 8.24. The summed E-state index contributed by atoms with van der Waals surface area (Å²) in [5, 5.41) is 5.05. The number of ether oxygens (including phenoxy) is 1. The Morgan fingerprint density at radius 1 is 1.11 bits per heavy atom. The van der Waals surface area contributed by atoms with E-state index >= 15 is 0 Å². The fraction of sp³-hybridized carbons (Fsp3) is 0.500. The van der Waals surface area contributed by atoms with Gasteiger partial charge in [0.2, 0.25) is 10.0 Å². The zero-order chi connectivity index (χ0) is 20.7. The summed E-state index contributed by atoms with van der Waals surface area (Å²) in [7, 11) is -3.60. The van der Waals surface area contributed by atoms with Gasteiger partial charge in [-0.05, 0) is 37.1 Å². The van der Waals surface area contributed by atoms with Crippen LogP contribution in [0.2, 0.25) is 0 Å². The highest BCUT2D eigenvalue weighted by atomic mass is 32.2. The van der Waals surface area contributed by atoms with Crippen LogP contribution in [0.3, 0.4) is 0 Å². The number of amides is 2. The maximum absolute atomic E-state index is 12.4. The molecular weight excluding hydrogens is 386 g/mol. The van der Waals surface area contributed by atoms with Crippen LogP contribution in [0.5, 0.6) is 0 Å². The van der Waals surface area contributed by atoms with Crippen molar-refractivity contribution < 1.29 is 27.5 Å². The van der Waals surface area contributed by atoms with E-state index in [1.54, 1.807) is 13.8 Å². The number of nitrogens with zero attached hydrogens (tertiary/aromatic N) is 1. The minimum atomic E-state index is -3.60. The SMILES string of the molecule is CCN(CC)S(=O)(=O)c1ccc(C(=O)NCC(=O)OCC(=O)NC2CC2)cc1. The van der Waals surface area contributed by atoms with Gasteiger partial charge in [0.1, 0.15) is 6.54 Å².